The summed E-state index contributed by atoms with van der Waals surface area (Å²) in [6, 6.07) is 0. The zero-order valence-corrected chi connectivity index (χ0v) is 9.81. The molecule has 14 heavy (non-hydrogen) atoms. The maximum absolute atomic E-state index is 5.63. The third-order valence-corrected chi connectivity index (χ3v) is 5.37. The van der Waals surface area contributed by atoms with Gasteiger partial charge in [0, 0.05) is 11.9 Å². The first-order valence-electron chi connectivity index (χ1n) is 5.69. The van der Waals surface area contributed by atoms with Crippen LogP contribution in [0.25, 0.3) is 0 Å². The van der Waals surface area contributed by atoms with Gasteiger partial charge in [0.05, 0.1) is 6.10 Å². The molecule has 1 heterocycles. The molecule has 2 nitrogen and oxygen atoms in total. The second-order valence-corrected chi connectivity index (χ2v) is 5.98. The van der Waals surface area contributed by atoms with Crippen molar-refractivity contribution in [1.82, 2.24) is 0 Å². The second-order valence-electron chi connectivity index (χ2n) is 4.75. The van der Waals surface area contributed by atoms with E-state index in [1.165, 1.54) is 31.4 Å². The highest BCUT2D eigenvalue weighted by molar-refractivity contribution is 8.00. The van der Waals surface area contributed by atoms with Crippen molar-refractivity contribution in [3.05, 3.63) is 0 Å². The molecule has 0 aromatic carbocycles. The van der Waals surface area contributed by atoms with E-state index < -0.39 is 0 Å². The van der Waals surface area contributed by atoms with Crippen molar-refractivity contribution in [2.75, 3.05) is 18.9 Å². The molecule has 1 aliphatic heterocycles. The SMILES string of the molecule is CC1OCCC1SCC1(CCN)CC1. The molecule has 1 saturated heterocycles. The quantitative estimate of drug-likeness (QED) is 0.762. The van der Waals surface area contributed by atoms with Crippen LogP contribution < -0.4 is 5.73 Å². The molecule has 0 aromatic heterocycles. The summed E-state index contributed by atoms with van der Waals surface area (Å²) >= 11 is 2.12. The van der Waals surface area contributed by atoms with Crippen LogP contribution in [0.5, 0.6) is 0 Å². The molecule has 82 valence electrons. The number of nitrogens with two attached hydrogens (primary N) is 1. The summed E-state index contributed by atoms with van der Waals surface area (Å²) in [5.74, 6) is 1.31. The van der Waals surface area contributed by atoms with Crippen LogP contribution in [-0.2, 0) is 4.74 Å². The van der Waals surface area contributed by atoms with Gasteiger partial charge in [0.15, 0.2) is 0 Å². The standard InChI is InChI=1S/C11H21NOS/c1-9-10(2-7-13-9)14-8-11(3-4-11)5-6-12/h9-10H,2-8,12H2,1H3. The van der Waals surface area contributed by atoms with Crippen LogP contribution in [0.3, 0.4) is 0 Å². The highest BCUT2D eigenvalue weighted by Gasteiger charge is 2.42. The minimum Gasteiger partial charge on any atom is -0.377 e. The first kappa shape index (κ1) is 10.8. The average Bonchev–Trinajstić information content (AvgIpc) is 2.81. The monoisotopic (exact) mass is 215 g/mol. The number of ether oxygens (including phenoxy) is 1. The summed E-state index contributed by atoms with van der Waals surface area (Å²) in [5.41, 5.74) is 6.26. The fourth-order valence-electron chi connectivity index (χ4n) is 2.16. The lowest BCUT2D eigenvalue weighted by Crippen LogP contribution is -2.18. The molecular weight excluding hydrogens is 194 g/mol. The van der Waals surface area contributed by atoms with Gasteiger partial charge in [-0.05, 0) is 50.3 Å². The van der Waals surface area contributed by atoms with Crippen LogP contribution in [0.4, 0.5) is 0 Å². The minimum atomic E-state index is 0.466. The van der Waals surface area contributed by atoms with Gasteiger partial charge < -0.3 is 10.5 Å². The maximum Gasteiger partial charge on any atom is 0.0666 e. The Kier molecular flexibility index (Phi) is 3.40. The topological polar surface area (TPSA) is 35.2 Å². The van der Waals surface area contributed by atoms with E-state index in [1.807, 2.05) is 0 Å². The lowest BCUT2D eigenvalue weighted by Gasteiger charge is -2.18. The third-order valence-electron chi connectivity index (χ3n) is 3.54. The van der Waals surface area contributed by atoms with Gasteiger partial charge in [-0.3, -0.25) is 0 Å². The van der Waals surface area contributed by atoms with Crippen LogP contribution in [0.15, 0.2) is 0 Å². The summed E-state index contributed by atoms with van der Waals surface area (Å²) < 4.78 is 5.57. The highest BCUT2D eigenvalue weighted by Crippen LogP contribution is 2.51. The predicted molar refractivity (Wildman–Crippen MR) is 61.6 cm³/mol. The minimum absolute atomic E-state index is 0.466. The lowest BCUT2D eigenvalue weighted by molar-refractivity contribution is 0.127. The van der Waals surface area contributed by atoms with Crippen LogP contribution in [-0.4, -0.2) is 30.3 Å². The molecule has 0 bridgehead atoms. The molecule has 1 saturated carbocycles. The Balaban J connectivity index is 1.71. The molecular formula is C11H21NOS. The summed E-state index contributed by atoms with van der Waals surface area (Å²) in [6.45, 7) is 4.02. The molecule has 1 aliphatic carbocycles. The average molecular weight is 215 g/mol. The molecule has 2 aliphatic rings. The van der Waals surface area contributed by atoms with E-state index in [9.17, 15) is 0 Å². The van der Waals surface area contributed by atoms with Crippen LogP contribution >= 0.6 is 11.8 Å². The Labute approximate surface area is 91.0 Å². The van der Waals surface area contributed by atoms with Gasteiger partial charge in [-0.25, -0.2) is 0 Å². The fourth-order valence-corrected chi connectivity index (χ4v) is 3.78. The molecule has 0 spiro atoms. The number of hydrogen-bond acceptors (Lipinski definition) is 3. The van der Waals surface area contributed by atoms with E-state index in [0.29, 0.717) is 11.5 Å². The summed E-state index contributed by atoms with van der Waals surface area (Å²) in [5, 5.41) is 0.741. The van der Waals surface area contributed by atoms with Crippen molar-refractivity contribution in [2.24, 2.45) is 11.1 Å². The Morgan fingerprint density at radius 3 is 2.79 bits per heavy atom. The van der Waals surface area contributed by atoms with E-state index in [4.69, 9.17) is 10.5 Å². The number of thioether (sulfide) groups is 1. The van der Waals surface area contributed by atoms with Crippen molar-refractivity contribution < 1.29 is 4.74 Å². The Hall–Kier alpha value is 0.270. The van der Waals surface area contributed by atoms with Gasteiger partial charge in [-0.2, -0.15) is 11.8 Å². The Morgan fingerprint density at radius 1 is 1.50 bits per heavy atom. The van der Waals surface area contributed by atoms with Gasteiger partial charge in [0.2, 0.25) is 0 Å². The number of hydrogen-bond donors (Lipinski definition) is 1. The molecule has 3 heteroatoms. The fraction of sp³-hybridized carbons (Fsp3) is 1.00. The smallest absolute Gasteiger partial charge is 0.0666 e. The van der Waals surface area contributed by atoms with E-state index in [0.717, 1.165) is 18.4 Å². The molecule has 0 radical (unpaired) electrons. The van der Waals surface area contributed by atoms with Crippen LogP contribution in [0, 0.1) is 5.41 Å². The highest BCUT2D eigenvalue weighted by atomic mass is 32.2. The van der Waals surface area contributed by atoms with Crippen molar-refractivity contribution in [2.45, 2.75) is 44.0 Å². The Bertz CT molecular complexity index is 194. The van der Waals surface area contributed by atoms with Crippen LogP contribution in [0.2, 0.25) is 0 Å². The summed E-state index contributed by atoms with van der Waals surface area (Å²) in [4.78, 5) is 0. The molecule has 2 fully saturated rings. The van der Waals surface area contributed by atoms with Crippen LogP contribution in [0.1, 0.15) is 32.6 Å². The second kappa shape index (κ2) is 4.42. The van der Waals surface area contributed by atoms with E-state index in [-0.39, 0.29) is 0 Å². The number of rotatable bonds is 5. The lowest BCUT2D eigenvalue weighted by atomic mass is 10.1. The summed E-state index contributed by atoms with van der Waals surface area (Å²) in [7, 11) is 0. The molecule has 0 aromatic rings. The zero-order valence-electron chi connectivity index (χ0n) is 9.00. The van der Waals surface area contributed by atoms with Crippen molar-refractivity contribution in [1.29, 1.82) is 0 Å². The third kappa shape index (κ3) is 2.44. The first-order chi connectivity index (χ1) is 6.76. The largest absolute Gasteiger partial charge is 0.377 e. The van der Waals surface area contributed by atoms with E-state index in [1.54, 1.807) is 0 Å². The Morgan fingerprint density at radius 2 is 2.29 bits per heavy atom. The van der Waals surface area contributed by atoms with Gasteiger partial charge in [0.1, 0.15) is 0 Å². The normalized spacial score (nSPS) is 34.7. The molecule has 2 unspecified atom stereocenters. The van der Waals surface area contributed by atoms with Gasteiger partial charge in [-0.1, -0.05) is 0 Å². The maximum atomic E-state index is 5.63. The predicted octanol–water partition coefficient (Wildman–Crippen LogP) is 2.03. The van der Waals surface area contributed by atoms with E-state index in [2.05, 4.69) is 18.7 Å². The van der Waals surface area contributed by atoms with Crippen molar-refractivity contribution in [3.8, 4) is 0 Å². The van der Waals surface area contributed by atoms with Crippen molar-refractivity contribution in [3.63, 3.8) is 0 Å². The summed E-state index contributed by atoms with van der Waals surface area (Å²) in [6.07, 6.45) is 5.74. The zero-order chi connectivity index (χ0) is 10.0. The van der Waals surface area contributed by atoms with Gasteiger partial charge >= 0.3 is 0 Å². The van der Waals surface area contributed by atoms with E-state index >= 15 is 0 Å². The van der Waals surface area contributed by atoms with Gasteiger partial charge in [0.25, 0.3) is 0 Å². The molecule has 2 N–H and O–H groups in total. The van der Waals surface area contributed by atoms with Crippen molar-refractivity contribution >= 4 is 11.8 Å². The molecule has 2 atom stereocenters. The first-order valence-corrected chi connectivity index (χ1v) is 6.74. The molecule has 0 amide bonds. The van der Waals surface area contributed by atoms with Gasteiger partial charge in [-0.15, -0.1) is 0 Å². The molecule has 2 rings (SSSR count).